The minimum absolute atomic E-state index is 0.138. The van der Waals surface area contributed by atoms with Crippen molar-refractivity contribution in [3.05, 3.63) is 69.7 Å². The molecule has 1 aromatic carbocycles. The first-order valence-electron chi connectivity index (χ1n) is 9.36. The van der Waals surface area contributed by atoms with Gasteiger partial charge < -0.3 is 9.47 Å². The average molecular weight is 381 g/mol. The second-order valence-electron chi connectivity index (χ2n) is 7.30. The van der Waals surface area contributed by atoms with Crippen LogP contribution in [-0.4, -0.2) is 38.4 Å². The second kappa shape index (κ2) is 7.64. The molecule has 3 heterocycles. The Kier molecular flexibility index (Phi) is 5.07. The number of rotatable bonds is 4. The quantitative estimate of drug-likeness (QED) is 0.687. The van der Waals surface area contributed by atoms with Gasteiger partial charge in [0.05, 0.1) is 17.7 Å². The number of hydrogen-bond donors (Lipinski definition) is 0. The number of thiazole rings is 1. The fourth-order valence-electron chi connectivity index (χ4n) is 3.81. The lowest BCUT2D eigenvalue weighted by atomic mass is 9.95. The topological polar surface area (TPSA) is 51.0 Å². The van der Waals surface area contributed by atoms with Crippen molar-refractivity contribution in [2.75, 3.05) is 13.1 Å². The van der Waals surface area contributed by atoms with Crippen molar-refractivity contribution in [2.24, 2.45) is 0 Å². The maximum Gasteiger partial charge on any atom is 0.254 e. The number of imidazole rings is 1. The first-order chi connectivity index (χ1) is 13.1. The van der Waals surface area contributed by atoms with Gasteiger partial charge in [0, 0.05) is 42.3 Å². The Labute approximate surface area is 163 Å². The van der Waals surface area contributed by atoms with E-state index < -0.39 is 0 Å². The summed E-state index contributed by atoms with van der Waals surface area (Å²) in [7, 11) is 0. The standard InChI is InChI=1S/C21H24N4OS/c1-15-5-6-16(2)19(10-15)21(26)25-8-3-4-17(11-25)20-22-7-9-24(20)12-18-13-27-14-23-18/h5-7,9-10,13-14,17H,3-4,8,11-12H2,1-2H3/t17-/m1/s1. The summed E-state index contributed by atoms with van der Waals surface area (Å²) in [4.78, 5) is 24.1. The zero-order valence-electron chi connectivity index (χ0n) is 15.8. The molecule has 0 N–H and O–H groups in total. The Bertz CT molecular complexity index is 932. The molecular formula is C21H24N4OS. The zero-order valence-corrected chi connectivity index (χ0v) is 16.6. The van der Waals surface area contributed by atoms with E-state index >= 15 is 0 Å². The average Bonchev–Trinajstić information content (AvgIpc) is 3.36. The first kappa shape index (κ1) is 17.9. The van der Waals surface area contributed by atoms with Gasteiger partial charge in [0.15, 0.2) is 0 Å². The van der Waals surface area contributed by atoms with Crippen LogP contribution in [0.5, 0.6) is 0 Å². The molecule has 0 radical (unpaired) electrons. The number of carbonyl (C=O) groups excluding carboxylic acids is 1. The summed E-state index contributed by atoms with van der Waals surface area (Å²) >= 11 is 1.61. The molecule has 2 aromatic heterocycles. The molecule has 6 heteroatoms. The number of hydrogen-bond acceptors (Lipinski definition) is 4. The number of carbonyl (C=O) groups is 1. The minimum Gasteiger partial charge on any atom is -0.338 e. The fraction of sp³-hybridized carbons (Fsp3) is 0.381. The van der Waals surface area contributed by atoms with Crippen LogP contribution >= 0.6 is 11.3 Å². The van der Waals surface area contributed by atoms with Gasteiger partial charge in [-0.2, -0.15) is 0 Å². The molecule has 3 aromatic rings. The normalized spacial score (nSPS) is 17.3. The SMILES string of the molecule is Cc1ccc(C)c(C(=O)N2CCC[C@@H](c3nccn3Cc3cscn3)C2)c1. The summed E-state index contributed by atoms with van der Waals surface area (Å²) in [5.41, 5.74) is 5.89. The molecule has 4 rings (SSSR count). The van der Waals surface area contributed by atoms with Crippen molar-refractivity contribution < 1.29 is 4.79 Å². The van der Waals surface area contributed by atoms with Crippen molar-refractivity contribution in [2.45, 2.75) is 39.2 Å². The second-order valence-corrected chi connectivity index (χ2v) is 8.02. The van der Waals surface area contributed by atoms with E-state index in [-0.39, 0.29) is 11.8 Å². The van der Waals surface area contributed by atoms with Crippen LogP contribution in [0.15, 0.2) is 41.5 Å². The van der Waals surface area contributed by atoms with Crippen LogP contribution in [0.4, 0.5) is 0 Å². The summed E-state index contributed by atoms with van der Waals surface area (Å²) in [6, 6.07) is 6.09. The van der Waals surface area contributed by atoms with Crippen LogP contribution in [0.3, 0.4) is 0 Å². The van der Waals surface area contributed by atoms with Gasteiger partial charge in [0.2, 0.25) is 0 Å². The van der Waals surface area contributed by atoms with E-state index in [2.05, 4.69) is 26.0 Å². The number of piperidine rings is 1. The molecule has 1 aliphatic heterocycles. The van der Waals surface area contributed by atoms with E-state index in [0.29, 0.717) is 0 Å². The third-order valence-electron chi connectivity index (χ3n) is 5.26. The third-order valence-corrected chi connectivity index (χ3v) is 5.90. The first-order valence-corrected chi connectivity index (χ1v) is 10.3. The molecule has 5 nitrogen and oxygen atoms in total. The summed E-state index contributed by atoms with van der Waals surface area (Å²) in [6.45, 7) is 6.31. The van der Waals surface area contributed by atoms with E-state index in [0.717, 1.165) is 60.7 Å². The van der Waals surface area contributed by atoms with Crippen molar-refractivity contribution >= 4 is 17.2 Å². The molecule has 1 atom stereocenters. The largest absolute Gasteiger partial charge is 0.338 e. The molecule has 1 amide bonds. The lowest BCUT2D eigenvalue weighted by molar-refractivity contribution is 0.0702. The predicted octanol–water partition coefficient (Wildman–Crippen LogP) is 4.02. The molecule has 0 spiro atoms. The summed E-state index contributed by atoms with van der Waals surface area (Å²) in [6.07, 6.45) is 5.93. The number of aryl methyl sites for hydroxylation is 2. The molecular weight excluding hydrogens is 356 g/mol. The van der Waals surface area contributed by atoms with Gasteiger partial charge >= 0.3 is 0 Å². The monoisotopic (exact) mass is 380 g/mol. The van der Waals surface area contributed by atoms with Crippen molar-refractivity contribution in [1.82, 2.24) is 19.4 Å². The van der Waals surface area contributed by atoms with E-state index in [1.807, 2.05) is 48.8 Å². The van der Waals surface area contributed by atoms with E-state index in [1.165, 1.54) is 0 Å². The number of likely N-dealkylation sites (tertiary alicyclic amines) is 1. The third kappa shape index (κ3) is 3.81. The number of benzene rings is 1. The van der Waals surface area contributed by atoms with Gasteiger partial charge in [-0.3, -0.25) is 4.79 Å². The Morgan fingerprint density at radius 2 is 2.19 bits per heavy atom. The van der Waals surface area contributed by atoms with Crippen LogP contribution in [0.25, 0.3) is 0 Å². The molecule has 0 unspecified atom stereocenters. The van der Waals surface area contributed by atoms with Crippen LogP contribution in [0.1, 0.15) is 51.8 Å². The molecule has 140 valence electrons. The van der Waals surface area contributed by atoms with E-state index in [9.17, 15) is 4.79 Å². The van der Waals surface area contributed by atoms with Crippen LogP contribution in [-0.2, 0) is 6.54 Å². The maximum absolute atomic E-state index is 13.1. The Morgan fingerprint density at radius 3 is 3.00 bits per heavy atom. The van der Waals surface area contributed by atoms with Crippen LogP contribution in [0, 0.1) is 13.8 Å². The highest BCUT2D eigenvalue weighted by Crippen LogP contribution is 2.28. The summed E-state index contributed by atoms with van der Waals surface area (Å²) in [5.74, 6) is 1.46. The smallest absolute Gasteiger partial charge is 0.254 e. The van der Waals surface area contributed by atoms with Crippen molar-refractivity contribution in [3.8, 4) is 0 Å². The minimum atomic E-state index is 0.138. The van der Waals surface area contributed by atoms with Gasteiger partial charge in [-0.15, -0.1) is 11.3 Å². The van der Waals surface area contributed by atoms with Gasteiger partial charge in [-0.05, 0) is 38.3 Å². The number of amides is 1. The van der Waals surface area contributed by atoms with Gasteiger partial charge in [0.1, 0.15) is 5.82 Å². The molecule has 0 aliphatic carbocycles. The Morgan fingerprint density at radius 1 is 1.30 bits per heavy atom. The van der Waals surface area contributed by atoms with Crippen molar-refractivity contribution in [3.63, 3.8) is 0 Å². The highest BCUT2D eigenvalue weighted by molar-refractivity contribution is 7.07. The summed E-state index contributed by atoms with van der Waals surface area (Å²) in [5, 5.41) is 2.07. The molecule has 27 heavy (non-hydrogen) atoms. The predicted molar refractivity (Wildman–Crippen MR) is 107 cm³/mol. The molecule has 0 bridgehead atoms. The van der Waals surface area contributed by atoms with Crippen LogP contribution in [0.2, 0.25) is 0 Å². The lowest BCUT2D eigenvalue weighted by Crippen LogP contribution is -2.40. The van der Waals surface area contributed by atoms with Gasteiger partial charge in [-0.25, -0.2) is 9.97 Å². The number of nitrogens with zero attached hydrogens (tertiary/aromatic N) is 4. The maximum atomic E-state index is 13.1. The number of aromatic nitrogens is 3. The fourth-order valence-corrected chi connectivity index (χ4v) is 4.36. The van der Waals surface area contributed by atoms with E-state index in [4.69, 9.17) is 0 Å². The van der Waals surface area contributed by atoms with Crippen LogP contribution < -0.4 is 0 Å². The highest BCUT2D eigenvalue weighted by atomic mass is 32.1. The summed E-state index contributed by atoms with van der Waals surface area (Å²) < 4.78 is 2.17. The van der Waals surface area contributed by atoms with E-state index in [1.54, 1.807) is 11.3 Å². The molecule has 1 aliphatic rings. The van der Waals surface area contributed by atoms with Gasteiger partial charge in [0.25, 0.3) is 5.91 Å². The molecule has 1 fully saturated rings. The highest BCUT2D eigenvalue weighted by Gasteiger charge is 2.28. The molecule has 1 saturated heterocycles. The Hall–Kier alpha value is -2.47. The molecule has 0 saturated carbocycles. The zero-order chi connectivity index (χ0) is 18.8. The Balaban J connectivity index is 1.53. The lowest BCUT2D eigenvalue weighted by Gasteiger charge is -2.33. The van der Waals surface area contributed by atoms with Crippen molar-refractivity contribution in [1.29, 1.82) is 0 Å². The van der Waals surface area contributed by atoms with Gasteiger partial charge in [-0.1, -0.05) is 17.7 Å².